The molecule has 0 radical (unpaired) electrons. The number of carbonyl (C=O) groups excluding carboxylic acids is 1. The maximum atomic E-state index is 11.5. The summed E-state index contributed by atoms with van der Waals surface area (Å²) in [4.78, 5) is 12.8. The zero-order valence-corrected chi connectivity index (χ0v) is 11.3. The Morgan fingerprint density at radius 1 is 1.56 bits per heavy atom. The molecule has 88 valence electrons. The first-order valence-electron chi connectivity index (χ1n) is 5.35. The summed E-state index contributed by atoms with van der Waals surface area (Å²) in [6.45, 7) is 1.34. The molecular weight excluding hydrogens is 290 g/mol. The van der Waals surface area contributed by atoms with Crippen LogP contribution in [0.15, 0.2) is 15.9 Å². The second-order valence-electron chi connectivity index (χ2n) is 3.86. The largest absolute Gasteiger partial charge is 0.377 e. The van der Waals surface area contributed by atoms with Crippen LogP contribution >= 0.6 is 27.3 Å². The maximum Gasteiger partial charge on any atom is 0.220 e. The molecule has 5 heteroatoms. The summed E-state index contributed by atoms with van der Waals surface area (Å²) >= 11 is 5.16. The van der Waals surface area contributed by atoms with Crippen molar-refractivity contribution in [2.24, 2.45) is 0 Å². The summed E-state index contributed by atoms with van der Waals surface area (Å²) in [5.74, 6) is 0.143. The van der Waals surface area contributed by atoms with Crippen molar-refractivity contribution in [3.8, 4) is 0 Å². The molecule has 0 aliphatic carbocycles. The molecule has 1 amide bonds. The Morgan fingerprint density at radius 3 is 2.94 bits per heavy atom. The highest BCUT2D eigenvalue weighted by Gasteiger charge is 2.19. The topological polar surface area (TPSA) is 38.3 Å². The maximum absolute atomic E-state index is 11.5. The van der Waals surface area contributed by atoms with E-state index >= 15 is 0 Å². The minimum absolute atomic E-state index is 0.143. The normalized spacial score (nSPS) is 15.8. The highest BCUT2D eigenvalue weighted by Crippen LogP contribution is 2.23. The lowest BCUT2D eigenvalue weighted by Crippen LogP contribution is -2.48. The van der Waals surface area contributed by atoms with Crippen molar-refractivity contribution < 1.29 is 9.53 Å². The predicted octanol–water partition coefficient (Wildman–Crippen LogP) is 2.35. The molecule has 2 heterocycles. The molecule has 2 rings (SSSR count). The second-order valence-corrected chi connectivity index (χ2v) is 6.41. The molecule has 1 saturated heterocycles. The van der Waals surface area contributed by atoms with E-state index in [0.717, 1.165) is 16.6 Å². The minimum atomic E-state index is 0.143. The van der Waals surface area contributed by atoms with E-state index in [1.54, 1.807) is 11.3 Å². The second kappa shape index (κ2) is 5.80. The van der Waals surface area contributed by atoms with E-state index in [0.29, 0.717) is 19.6 Å². The van der Waals surface area contributed by atoms with Crippen LogP contribution in [-0.2, 0) is 16.0 Å². The molecule has 1 aliphatic rings. The van der Waals surface area contributed by atoms with Crippen LogP contribution in [0.1, 0.15) is 17.7 Å². The van der Waals surface area contributed by atoms with Crippen LogP contribution in [0, 0.1) is 0 Å². The monoisotopic (exact) mass is 303 g/mol. The Morgan fingerprint density at radius 2 is 2.38 bits per heavy atom. The van der Waals surface area contributed by atoms with Gasteiger partial charge in [-0.2, -0.15) is 0 Å². The lowest BCUT2D eigenvalue weighted by molar-refractivity contribution is -0.125. The Kier molecular flexibility index (Phi) is 4.37. The lowest BCUT2D eigenvalue weighted by Gasteiger charge is -2.26. The van der Waals surface area contributed by atoms with Gasteiger partial charge in [-0.25, -0.2) is 0 Å². The van der Waals surface area contributed by atoms with Crippen molar-refractivity contribution in [2.45, 2.75) is 25.3 Å². The van der Waals surface area contributed by atoms with Crippen molar-refractivity contribution in [2.75, 3.05) is 13.2 Å². The number of thiophene rings is 1. The molecule has 0 bridgehead atoms. The van der Waals surface area contributed by atoms with Gasteiger partial charge < -0.3 is 10.1 Å². The Balaban J connectivity index is 1.61. The quantitative estimate of drug-likeness (QED) is 0.907. The number of rotatable bonds is 5. The fourth-order valence-electron chi connectivity index (χ4n) is 1.53. The van der Waals surface area contributed by atoms with Crippen LogP contribution in [0.5, 0.6) is 0 Å². The Hall–Kier alpha value is -0.390. The van der Waals surface area contributed by atoms with E-state index in [-0.39, 0.29) is 11.9 Å². The summed E-state index contributed by atoms with van der Waals surface area (Å²) < 4.78 is 6.15. The van der Waals surface area contributed by atoms with Crippen LogP contribution in [-0.4, -0.2) is 25.2 Å². The fraction of sp³-hybridized carbons (Fsp3) is 0.545. The molecule has 3 nitrogen and oxygen atoms in total. The zero-order valence-electron chi connectivity index (χ0n) is 8.87. The van der Waals surface area contributed by atoms with Crippen molar-refractivity contribution >= 4 is 33.2 Å². The summed E-state index contributed by atoms with van der Waals surface area (Å²) in [7, 11) is 0. The van der Waals surface area contributed by atoms with Crippen LogP contribution in [0.3, 0.4) is 0 Å². The molecule has 1 aromatic rings. The number of hydrogen-bond donors (Lipinski definition) is 1. The van der Waals surface area contributed by atoms with Crippen LogP contribution in [0.25, 0.3) is 0 Å². The number of hydrogen-bond acceptors (Lipinski definition) is 3. The predicted molar refractivity (Wildman–Crippen MR) is 67.7 cm³/mol. The molecule has 1 aliphatic heterocycles. The molecule has 16 heavy (non-hydrogen) atoms. The van der Waals surface area contributed by atoms with Gasteiger partial charge in [-0.05, 0) is 40.9 Å². The highest BCUT2D eigenvalue weighted by atomic mass is 79.9. The van der Waals surface area contributed by atoms with E-state index in [9.17, 15) is 4.79 Å². The summed E-state index contributed by atoms with van der Waals surface area (Å²) in [5, 5.41) is 2.94. The van der Waals surface area contributed by atoms with E-state index in [2.05, 4.69) is 27.3 Å². The molecule has 0 unspecified atom stereocenters. The van der Waals surface area contributed by atoms with Gasteiger partial charge in [0.05, 0.1) is 23.0 Å². The summed E-state index contributed by atoms with van der Waals surface area (Å²) in [6.07, 6.45) is 2.49. The number of carbonyl (C=O) groups is 1. The molecule has 0 atom stereocenters. The number of nitrogens with one attached hydrogen (secondary N) is 1. The smallest absolute Gasteiger partial charge is 0.220 e. The average Bonchev–Trinajstić information content (AvgIpc) is 2.58. The first-order valence-corrected chi connectivity index (χ1v) is 6.96. The molecule has 1 N–H and O–H groups in total. The van der Waals surface area contributed by atoms with E-state index in [1.807, 2.05) is 6.07 Å². The van der Waals surface area contributed by atoms with Crippen LogP contribution in [0.2, 0.25) is 0 Å². The van der Waals surface area contributed by atoms with Gasteiger partial charge in [0.25, 0.3) is 0 Å². The number of ether oxygens (including phenoxy) is 1. The Labute approximate surface area is 107 Å². The first kappa shape index (κ1) is 12.1. The molecular formula is C11H14BrNO2S. The SMILES string of the molecule is O=C(CCCc1ccc(Br)s1)NC1COC1. The zero-order chi connectivity index (χ0) is 11.4. The van der Waals surface area contributed by atoms with Crippen molar-refractivity contribution in [1.82, 2.24) is 5.32 Å². The van der Waals surface area contributed by atoms with Gasteiger partial charge in [0.15, 0.2) is 0 Å². The van der Waals surface area contributed by atoms with Crippen molar-refractivity contribution in [3.05, 3.63) is 20.8 Å². The minimum Gasteiger partial charge on any atom is -0.377 e. The number of amides is 1. The summed E-state index contributed by atoms with van der Waals surface area (Å²) in [5.41, 5.74) is 0. The lowest BCUT2D eigenvalue weighted by atomic mass is 10.2. The van der Waals surface area contributed by atoms with Crippen molar-refractivity contribution in [3.63, 3.8) is 0 Å². The van der Waals surface area contributed by atoms with E-state index in [1.165, 1.54) is 4.88 Å². The Bertz CT molecular complexity index is 363. The van der Waals surface area contributed by atoms with Crippen LogP contribution in [0.4, 0.5) is 0 Å². The van der Waals surface area contributed by atoms with E-state index < -0.39 is 0 Å². The standard InChI is InChI=1S/C11H14BrNO2S/c12-10-5-4-9(16-10)2-1-3-11(14)13-8-6-15-7-8/h4-5,8H,1-3,6-7H2,(H,13,14). The summed E-state index contributed by atoms with van der Waals surface area (Å²) in [6, 6.07) is 4.40. The van der Waals surface area contributed by atoms with Gasteiger partial charge in [-0.15, -0.1) is 11.3 Å². The fourth-order valence-corrected chi connectivity index (χ4v) is 3.05. The third kappa shape index (κ3) is 3.57. The van der Waals surface area contributed by atoms with Gasteiger partial charge in [0.1, 0.15) is 0 Å². The molecule has 1 fully saturated rings. The molecule has 0 saturated carbocycles. The third-order valence-electron chi connectivity index (χ3n) is 2.46. The third-order valence-corrected chi connectivity index (χ3v) is 4.14. The first-order chi connectivity index (χ1) is 7.74. The van der Waals surface area contributed by atoms with E-state index in [4.69, 9.17) is 4.74 Å². The van der Waals surface area contributed by atoms with Gasteiger partial charge in [-0.1, -0.05) is 0 Å². The molecule has 1 aromatic heterocycles. The van der Waals surface area contributed by atoms with Gasteiger partial charge in [0.2, 0.25) is 5.91 Å². The van der Waals surface area contributed by atoms with Gasteiger partial charge in [-0.3, -0.25) is 4.79 Å². The van der Waals surface area contributed by atoms with Gasteiger partial charge in [0, 0.05) is 11.3 Å². The number of aryl methyl sites for hydroxylation is 1. The van der Waals surface area contributed by atoms with Gasteiger partial charge >= 0.3 is 0 Å². The molecule has 0 spiro atoms. The van der Waals surface area contributed by atoms with Crippen molar-refractivity contribution in [1.29, 1.82) is 0 Å². The number of halogens is 1. The molecule has 0 aromatic carbocycles. The highest BCUT2D eigenvalue weighted by molar-refractivity contribution is 9.11. The van der Waals surface area contributed by atoms with Crippen LogP contribution < -0.4 is 5.32 Å². The average molecular weight is 304 g/mol.